The van der Waals surface area contributed by atoms with Crippen LogP contribution < -0.4 is 15.4 Å². The molecule has 3 amide bonds. The molecule has 3 aromatic rings. The van der Waals surface area contributed by atoms with Gasteiger partial charge in [0.15, 0.2) is 18.2 Å². The summed E-state index contributed by atoms with van der Waals surface area (Å²) in [4.78, 5) is 32.5. The zero-order valence-electron chi connectivity index (χ0n) is 21.6. The van der Waals surface area contributed by atoms with Crippen LogP contribution >= 0.6 is 0 Å². The molecule has 0 radical (unpaired) electrons. The maximum atomic E-state index is 13.9. The van der Waals surface area contributed by atoms with E-state index in [9.17, 15) is 18.4 Å². The Labute approximate surface area is 219 Å². The Morgan fingerprint density at radius 2 is 1.89 bits per heavy atom. The van der Waals surface area contributed by atoms with Crippen molar-refractivity contribution in [2.75, 3.05) is 39.1 Å². The third kappa shape index (κ3) is 5.92. The number of hydrogen-bond donors (Lipinski definition) is 2. The Balaban J connectivity index is 1.57. The number of carbonyl (C=O) groups is 2. The van der Waals surface area contributed by atoms with E-state index in [4.69, 9.17) is 9.57 Å². The molecule has 2 aromatic carbocycles. The number of likely N-dealkylation sites (N-methyl/N-ethyl adjacent to an activating group) is 2. The molecule has 10 nitrogen and oxygen atoms in total. The Morgan fingerprint density at radius 3 is 2.55 bits per heavy atom. The minimum atomic E-state index is -0.994. The summed E-state index contributed by atoms with van der Waals surface area (Å²) in [5.74, 6) is -1.66. The van der Waals surface area contributed by atoms with Crippen LogP contribution in [-0.4, -0.2) is 71.5 Å². The molecule has 0 spiro atoms. The summed E-state index contributed by atoms with van der Waals surface area (Å²) >= 11 is 0. The normalized spacial score (nSPS) is 17.3. The molecule has 202 valence electrons. The lowest BCUT2D eigenvalue weighted by molar-refractivity contribution is -0.144. The number of para-hydroxylation sites is 1. The maximum absolute atomic E-state index is 13.9. The zero-order valence-corrected chi connectivity index (χ0v) is 21.6. The molecule has 1 aliphatic rings. The van der Waals surface area contributed by atoms with Crippen molar-refractivity contribution in [3.63, 3.8) is 0 Å². The van der Waals surface area contributed by atoms with Crippen LogP contribution in [-0.2, 0) is 9.63 Å². The fourth-order valence-corrected chi connectivity index (χ4v) is 3.99. The molecule has 12 heteroatoms. The monoisotopic (exact) mass is 528 g/mol. The molecule has 1 aliphatic heterocycles. The van der Waals surface area contributed by atoms with E-state index >= 15 is 0 Å². The zero-order chi connectivity index (χ0) is 27.4. The number of carbonyl (C=O) groups excluding carboxylic acids is 2. The maximum Gasteiger partial charge on any atom is 0.320 e. The van der Waals surface area contributed by atoms with Crippen LogP contribution in [0.1, 0.15) is 24.2 Å². The summed E-state index contributed by atoms with van der Waals surface area (Å²) in [6.07, 6.45) is -0.716. The molecular formula is C26H30F2N6O4. The van der Waals surface area contributed by atoms with Crippen molar-refractivity contribution in [1.82, 2.24) is 25.1 Å². The highest BCUT2D eigenvalue weighted by Crippen LogP contribution is 2.31. The lowest BCUT2D eigenvalue weighted by atomic mass is 10.0. The largest absolute Gasteiger partial charge is 0.466 e. The van der Waals surface area contributed by atoms with Gasteiger partial charge in [0.1, 0.15) is 11.9 Å². The highest BCUT2D eigenvalue weighted by atomic mass is 19.2. The average Bonchev–Trinajstić information content (AvgIpc) is 3.45. The minimum Gasteiger partial charge on any atom is -0.466 e. The standard InChI is InChI=1S/C26H30F2N6O4/c1-5-33-14-21(23(38-33)17-11-12-19(27)20(28)13-17)29-26(36)30-24-16(2)25(37-15-22(35)32(3)4)31-34(24)18-9-7-6-8-10-18/h6-13,21,23H,5,14-15H2,1-4H3,(H2,29,30,36)/t21-,23+/m1/s1. The van der Waals surface area contributed by atoms with Crippen LogP contribution in [0, 0.1) is 18.6 Å². The number of nitrogens with one attached hydrogen (secondary N) is 2. The van der Waals surface area contributed by atoms with Gasteiger partial charge in [-0.1, -0.05) is 31.2 Å². The molecular weight excluding hydrogens is 498 g/mol. The van der Waals surface area contributed by atoms with Crippen LogP contribution in [0.25, 0.3) is 5.69 Å². The van der Waals surface area contributed by atoms with Crippen molar-refractivity contribution in [1.29, 1.82) is 0 Å². The second-order valence-electron chi connectivity index (χ2n) is 8.99. The van der Waals surface area contributed by atoms with Gasteiger partial charge in [0.25, 0.3) is 5.91 Å². The van der Waals surface area contributed by atoms with Gasteiger partial charge in [-0.15, -0.1) is 5.10 Å². The Kier molecular flexibility index (Phi) is 8.23. The van der Waals surface area contributed by atoms with E-state index in [1.54, 1.807) is 26.1 Å². The molecule has 38 heavy (non-hydrogen) atoms. The van der Waals surface area contributed by atoms with Crippen molar-refractivity contribution in [3.8, 4) is 11.6 Å². The predicted molar refractivity (Wildman–Crippen MR) is 136 cm³/mol. The quantitative estimate of drug-likeness (QED) is 0.465. The number of benzene rings is 2. The number of hydroxylamine groups is 2. The molecule has 0 saturated carbocycles. The first-order chi connectivity index (χ1) is 18.2. The van der Waals surface area contributed by atoms with Gasteiger partial charge in [0.05, 0.1) is 17.3 Å². The Bertz CT molecular complexity index is 1300. The molecule has 2 atom stereocenters. The average molecular weight is 529 g/mol. The van der Waals surface area contributed by atoms with Crippen molar-refractivity contribution in [3.05, 3.63) is 71.3 Å². The number of ether oxygens (including phenoxy) is 1. The summed E-state index contributed by atoms with van der Waals surface area (Å²) in [6, 6.07) is 11.6. The predicted octanol–water partition coefficient (Wildman–Crippen LogP) is 3.42. The van der Waals surface area contributed by atoms with E-state index < -0.39 is 29.8 Å². The molecule has 0 bridgehead atoms. The molecule has 0 unspecified atom stereocenters. The third-order valence-corrected chi connectivity index (χ3v) is 6.11. The smallest absolute Gasteiger partial charge is 0.320 e. The second kappa shape index (κ2) is 11.6. The van der Waals surface area contributed by atoms with Gasteiger partial charge in [-0.05, 0) is 36.8 Å². The van der Waals surface area contributed by atoms with Gasteiger partial charge < -0.3 is 15.0 Å². The SMILES string of the molecule is CCN1C[C@@H](NC(=O)Nc2c(C)c(OCC(=O)N(C)C)nn2-c2ccccc2)[C@H](c2ccc(F)c(F)c2)O1. The molecule has 0 aliphatic carbocycles. The van der Waals surface area contributed by atoms with E-state index in [1.165, 1.54) is 15.6 Å². The van der Waals surface area contributed by atoms with E-state index in [1.807, 2.05) is 37.3 Å². The van der Waals surface area contributed by atoms with Crippen molar-refractivity contribution >= 4 is 17.8 Å². The van der Waals surface area contributed by atoms with Gasteiger partial charge >= 0.3 is 6.03 Å². The fraction of sp³-hybridized carbons (Fsp3) is 0.346. The fourth-order valence-electron chi connectivity index (χ4n) is 3.99. The highest BCUT2D eigenvalue weighted by molar-refractivity contribution is 5.90. The summed E-state index contributed by atoms with van der Waals surface area (Å²) in [5.41, 5.74) is 1.59. The molecule has 1 aromatic heterocycles. The summed E-state index contributed by atoms with van der Waals surface area (Å²) in [7, 11) is 3.25. The van der Waals surface area contributed by atoms with Crippen LogP contribution in [0.2, 0.25) is 0 Å². The first kappa shape index (κ1) is 27.0. The second-order valence-corrected chi connectivity index (χ2v) is 8.99. The van der Waals surface area contributed by atoms with Crippen LogP contribution in [0.5, 0.6) is 5.88 Å². The molecule has 1 saturated heterocycles. The first-order valence-corrected chi connectivity index (χ1v) is 12.1. The number of urea groups is 1. The van der Waals surface area contributed by atoms with Gasteiger partial charge in [-0.2, -0.15) is 5.06 Å². The summed E-state index contributed by atoms with van der Waals surface area (Å²) < 4.78 is 34.6. The van der Waals surface area contributed by atoms with Gasteiger partial charge in [-0.3, -0.25) is 14.9 Å². The highest BCUT2D eigenvalue weighted by Gasteiger charge is 2.36. The number of amides is 3. The topological polar surface area (TPSA) is 101 Å². The van der Waals surface area contributed by atoms with Crippen LogP contribution in [0.4, 0.5) is 19.4 Å². The van der Waals surface area contributed by atoms with Crippen molar-refractivity contribution < 1.29 is 27.9 Å². The molecule has 4 rings (SSSR count). The number of hydrogen-bond acceptors (Lipinski definition) is 6. The third-order valence-electron chi connectivity index (χ3n) is 6.11. The van der Waals surface area contributed by atoms with Crippen molar-refractivity contribution in [2.45, 2.75) is 26.0 Å². The molecule has 2 heterocycles. The number of nitrogens with zero attached hydrogens (tertiary/aromatic N) is 4. The Morgan fingerprint density at radius 1 is 1.16 bits per heavy atom. The van der Waals surface area contributed by atoms with Crippen LogP contribution in [0.3, 0.4) is 0 Å². The van der Waals surface area contributed by atoms with E-state index in [0.29, 0.717) is 35.7 Å². The van der Waals surface area contributed by atoms with E-state index in [2.05, 4.69) is 15.7 Å². The van der Waals surface area contributed by atoms with Gasteiger partial charge in [0, 0.05) is 27.2 Å². The lowest BCUT2D eigenvalue weighted by Gasteiger charge is -2.19. The number of halogens is 2. The molecule has 1 fully saturated rings. The summed E-state index contributed by atoms with van der Waals surface area (Å²) in [5, 5.41) is 11.8. The minimum absolute atomic E-state index is 0.195. The lowest BCUT2D eigenvalue weighted by Crippen LogP contribution is -2.42. The van der Waals surface area contributed by atoms with E-state index in [-0.39, 0.29) is 18.4 Å². The first-order valence-electron chi connectivity index (χ1n) is 12.1. The molecule has 2 N–H and O–H groups in total. The number of aromatic nitrogens is 2. The Hall–Kier alpha value is -4.03. The summed E-state index contributed by atoms with van der Waals surface area (Å²) in [6.45, 7) is 4.26. The number of rotatable bonds is 8. The van der Waals surface area contributed by atoms with E-state index in [0.717, 1.165) is 12.1 Å². The van der Waals surface area contributed by atoms with Crippen LogP contribution in [0.15, 0.2) is 48.5 Å². The number of anilines is 1. The van der Waals surface area contributed by atoms with Gasteiger partial charge in [-0.25, -0.2) is 18.3 Å². The van der Waals surface area contributed by atoms with Gasteiger partial charge in [0.2, 0.25) is 5.88 Å². The van der Waals surface area contributed by atoms with Crippen molar-refractivity contribution in [2.24, 2.45) is 0 Å².